The van der Waals surface area contributed by atoms with Crippen LogP contribution < -0.4 is 10.6 Å². The molecule has 2 heterocycles. The number of carbonyl (C=O) groups excluding carboxylic acids is 2. The monoisotopic (exact) mass is 384 g/mol. The van der Waals surface area contributed by atoms with Crippen LogP contribution in [0.25, 0.3) is 0 Å². The Morgan fingerprint density at radius 1 is 1.18 bits per heavy atom. The van der Waals surface area contributed by atoms with Crippen molar-refractivity contribution in [2.24, 2.45) is 13.0 Å². The molecule has 1 aliphatic heterocycles. The van der Waals surface area contributed by atoms with E-state index < -0.39 is 0 Å². The number of hydrogen-bond acceptors (Lipinski definition) is 4. The third-order valence-electron chi connectivity index (χ3n) is 5.09. The molecule has 3 amide bonds. The summed E-state index contributed by atoms with van der Waals surface area (Å²) < 4.78 is 1.66. The Hall–Kier alpha value is -2.90. The van der Waals surface area contributed by atoms with Crippen LogP contribution in [0, 0.1) is 12.8 Å². The van der Waals surface area contributed by atoms with Gasteiger partial charge >= 0.3 is 6.03 Å². The van der Waals surface area contributed by atoms with E-state index in [1.165, 1.54) is 6.33 Å². The van der Waals surface area contributed by atoms with E-state index in [1.807, 2.05) is 31.7 Å². The first-order valence-electron chi connectivity index (χ1n) is 9.68. The SMILES string of the molecule is Cc1cc(C(=O)N2CCCC2)ccc1NC(=O)N[C@@H](c1ncnn1C)C(C)C. The highest BCUT2D eigenvalue weighted by Gasteiger charge is 2.23. The van der Waals surface area contributed by atoms with Crippen molar-refractivity contribution in [3.05, 3.63) is 41.5 Å². The summed E-state index contributed by atoms with van der Waals surface area (Å²) in [5, 5.41) is 9.93. The molecule has 1 aliphatic rings. The molecule has 1 aromatic heterocycles. The molecule has 3 rings (SSSR count). The Morgan fingerprint density at radius 2 is 1.89 bits per heavy atom. The fraction of sp³-hybridized carbons (Fsp3) is 0.500. The molecule has 28 heavy (non-hydrogen) atoms. The minimum Gasteiger partial charge on any atom is -0.339 e. The van der Waals surface area contributed by atoms with E-state index in [0.29, 0.717) is 17.1 Å². The predicted molar refractivity (Wildman–Crippen MR) is 107 cm³/mol. The van der Waals surface area contributed by atoms with Crippen LogP contribution in [0.4, 0.5) is 10.5 Å². The minimum absolute atomic E-state index is 0.0544. The molecule has 150 valence electrons. The average molecular weight is 384 g/mol. The number of urea groups is 1. The Balaban J connectivity index is 1.68. The quantitative estimate of drug-likeness (QED) is 0.829. The van der Waals surface area contributed by atoms with Crippen LogP contribution in [-0.2, 0) is 7.05 Å². The molecule has 1 aromatic carbocycles. The Labute approximate surface area is 165 Å². The van der Waals surface area contributed by atoms with Crippen LogP contribution in [-0.4, -0.2) is 44.7 Å². The fourth-order valence-corrected chi connectivity index (χ4v) is 3.46. The third kappa shape index (κ3) is 4.32. The van der Waals surface area contributed by atoms with Crippen molar-refractivity contribution in [2.75, 3.05) is 18.4 Å². The molecular weight excluding hydrogens is 356 g/mol. The number of aromatic nitrogens is 3. The smallest absolute Gasteiger partial charge is 0.319 e. The van der Waals surface area contributed by atoms with E-state index in [0.717, 1.165) is 31.5 Å². The van der Waals surface area contributed by atoms with Crippen molar-refractivity contribution in [3.63, 3.8) is 0 Å². The van der Waals surface area contributed by atoms with Gasteiger partial charge < -0.3 is 15.5 Å². The van der Waals surface area contributed by atoms with Crippen molar-refractivity contribution in [3.8, 4) is 0 Å². The summed E-state index contributed by atoms with van der Waals surface area (Å²) in [7, 11) is 1.80. The van der Waals surface area contributed by atoms with E-state index in [2.05, 4.69) is 20.7 Å². The lowest BCUT2D eigenvalue weighted by Gasteiger charge is -2.22. The van der Waals surface area contributed by atoms with Crippen molar-refractivity contribution in [1.82, 2.24) is 25.0 Å². The Morgan fingerprint density at radius 3 is 2.46 bits per heavy atom. The lowest BCUT2D eigenvalue weighted by Crippen LogP contribution is -2.36. The molecule has 0 unspecified atom stereocenters. The number of benzene rings is 1. The largest absolute Gasteiger partial charge is 0.339 e. The molecule has 0 bridgehead atoms. The maximum atomic E-state index is 12.6. The molecule has 2 N–H and O–H groups in total. The van der Waals surface area contributed by atoms with E-state index >= 15 is 0 Å². The summed E-state index contributed by atoms with van der Waals surface area (Å²) in [6.07, 6.45) is 3.60. The van der Waals surface area contributed by atoms with Crippen LogP contribution in [0.3, 0.4) is 0 Å². The first-order chi connectivity index (χ1) is 13.4. The van der Waals surface area contributed by atoms with Crippen molar-refractivity contribution < 1.29 is 9.59 Å². The molecule has 0 saturated carbocycles. The lowest BCUT2D eigenvalue weighted by atomic mass is 10.0. The van der Waals surface area contributed by atoms with Gasteiger partial charge in [0.1, 0.15) is 12.2 Å². The Kier molecular flexibility index (Phi) is 5.96. The zero-order chi connectivity index (χ0) is 20.3. The zero-order valence-electron chi connectivity index (χ0n) is 16.9. The molecule has 8 heteroatoms. The number of nitrogens with one attached hydrogen (secondary N) is 2. The zero-order valence-corrected chi connectivity index (χ0v) is 16.9. The average Bonchev–Trinajstić information content (AvgIpc) is 3.32. The van der Waals surface area contributed by atoms with E-state index in [9.17, 15) is 9.59 Å². The second-order valence-corrected chi connectivity index (χ2v) is 7.59. The van der Waals surface area contributed by atoms with Crippen molar-refractivity contribution in [2.45, 2.75) is 39.7 Å². The summed E-state index contributed by atoms with van der Waals surface area (Å²) in [6.45, 7) is 7.56. The fourth-order valence-electron chi connectivity index (χ4n) is 3.46. The summed E-state index contributed by atoms with van der Waals surface area (Å²) in [6, 6.07) is 4.81. The first-order valence-corrected chi connectivity index (χ1v) is 9.68. The van der Waals surface area contributed by atoms with Gasteiger partial charge in [-0.3, -0.25) is 9.48 Å². The first kappa shape index (κ1) is 19.9. The van der Waals surface area contributed by atoms with Gasteiger partial charge in [-0.25, -0.2) is 9.78 Å². The lowest BCUT2D eigenvalue weighted by molar-refractivity contribution is 0.0792. The van der Waals surface area contributed by atoms with E-state index in [-0.39, 0.29) is 23.9 Å². The second kappa shape index (κ2) is 8.41. The van der Waals surface area contributed by atoms with Crippen LogP contribution in [0.2, 0.25) is 0 Å². The molecule has 2 aromatic rings. The number of aryl methyl sites for hydroxylation is 2. The normalized spacial score (nSPS) is 15.0. The van der Waals surface area contributed by atoms with Gasteiger partial charge in [-0.05, 0) is 49.4 Å². The van der Waals surface area contributed by atoms with Crippen molar-refractivity contribution in [1.29, 1.82) is 0 Å². The third-order valence-corrected chi connectivity index (χ3v) is 5.09. The number of nitrogens with zero attached hydrogens (tertiary/aromatic N) is 4. The maximum absolute atomic E-state index is 12.6. The summed E-state index contributed by atoms with van der Waals surface area (Å²) >= 11 is 0. The Bertz CT molecular complexity index is 854. The van der Waals surface area contributed by atoms with Gasteiger partial charge in [0.05, 0.1) is 6.04 Å². The minimum atomic E-state index is -0.316. The molecule has 0 aliphatic carbocycles. The van der Waals surface area contributed by atoms with Gasteiger partial charge in [0.15, 0.2) is 0 Å². The molecule has 1 saturated heterocycles. The molecule has 0 radical (unpaired) electrons. The topological polar surface area (TPSA) is 92.2 Å². The van der Waals surface area contributed by atoms with Crippen LogP contribution in [0.1, 0.15) is 54.5 Å². The van der Waals surface area contributed by atoms with Crippen LogP contribution in [0.5, 0.6) is 0 Å². The summed E-state index contributed by atoms with van der Waals surface area (Å²) in [5.41, 5.74) is 2.18. The highest BCUT2D eigenvalue weighted by Crippen LogP contribution is 2.22. The second-order valence-electron chi connectivity index (χ2n) is 7.59. The van der Waals surface area contributed by atoms with Gasteiger partial charge in [-0.15, -0.1) is 0 Å². The van der Waals surface area contributed by atoms with Gasteiger partial charge in [-0.2, -0.15) is 5.10 Å². The van der Waals surface area contributed by atoms with E-state index in [4.69, 9.17) is 0 Å². The molecule has 1 fully saturated rings. The van der Waals surface area contributed by atoms with Crippen LogP contribution in [0.15, 0.2) is 24.5 Å². The number of anilines is 1. The van der Waals surface area contributed by atoms with E-state index in [1.54, 1.807) is 23.9 Å². The van der Waals surface area contributed by atoms with Gasteiger partial charge in [0.25, 0.3) is 5.91 Å². The number of rotatable bonds is 5. The summed E-state index contributed by atoms with van der Waals surface area (Å²) in [5.74, 6) is 0.905. The number of amides is 3. The molecule has 8 nitrogen and oxygen atoms in total. The molecule has 0 spiro atoms. The van der Waals surface area contributed by atoms with Gasteiger partial charge in [0, 0.05) is 31.4 Å². The summed E-state index contributed by atoms with van der Waals surface area (Å²) in [4.78, 5) is 31.2. The van der Waals surface area contributed by atoms with Gasteiger partial charge in [0.2, 0.25) is 0 Å². The number of likely N-dealkylation sites (tertiary alicyclic amines) is 1. The predicted octanol–water partition coefficient (Wildman–Crippen LogP) is 2.88. The maximum Gasteiger partial charge on any atom is 0.319 e. The van der Waals surface area contributed by atoms with Crippen LogP contribution >= 0.6 is 0 Å². The molecule has 1 atom stereocenters. The van der Waals surface area contributed by atoms with Crippen molar-refractivity contribution >= 4 is 17.6 Å². The number of carbonyl (C=O) groups is 2. The highest BCUT2D eigenvalue weighted by atomic mass is 16.2. The van der Waals surface area contributed by atoms with Gasteiger partial charge in [-0.1, -0.05) is 13.8 Å². The standard InChI is InChI=1S/C20H28N6O2/c1-13(2)17(18-21-12-22-25(18)4)24-20(28)23-16-8-7-15(11-14(16)3)19(27)26-9-5-6-10-26/h7-8,11-13,17H,5-6,9-10H2,1-4H3,(H2,23,24,28)/t17-/m1/s1. The molecular formula is C20H28N6O2. The number of hydrogen-bond donors (Lipinski definition) is 2. The highest BCUT2D eigenvalue weighted by molar-refractivity contribution is 5.96.